The van der Waals surface area contributed by atoms with E-state index in [1.807, 2.05) is 6.20 Å². The minimum absolute atomic E-state index is 0.0751. The van der Waals surface area contributed by atoms with Gasteiger partial charge in [-0.3, -0.25) is 0 Å². The topological polar surface area (TPSA) is 43.8 Å². The number of rotatable bonds is 2. The molecule has 0 spiro atoms. The molecule has 3 heteroatoms. The Hall–Kier alpha value is -0.830. The van der Waals surface area contributed by atoms with Gasteiger partial charge in [0.05, 0.1) is 12.0 Å². The van der Waals surface area contributed by atoms with Crippen molar-refractivity contribution in [2.75, 3.05) is 0 Å². The second-order valence-electron chi connectivity index (χ2n) is 8.83. The highest BCUT2D eigenvalue weighted by molar-refractivity contribution is 5.17. The maximum atomic E-state index is 6.18. The summed E-state index contributed by atoms with van der Waals surface area (Å²) >= 11 is 0. The fourth-order valence-corrected chi connectivity index (χ4v) is 6.69. The van der Waals surface area contributed by atoms with E-state index in [-0.39, 0.29) is 6.04 Å². The third-order valence-electron chi connectivity index (χ3n) is 6.24. The second kappa shape index (κ2) is 3.68. The number of nitrogens with zero attached hydrogens (tertiary/aromatic N) is 2. The molecule has 5 rings (SSSR count). The molecule has 1 heterocycles. The molecule has 2 N–H and O–H groups in total. The maximum Gasteiger partial charge on any atom is 0.0953 e. The van der Waals surface area contributed by atoms with E-state index in [9.17, 15) is 0 Å². The lowest BCUT2D eigenvalue weighted by Gasteiger charge is -2.65. The molecule has 0 radical (unpaired) electrons. The first-order valence-corrected chi connectivity index (χ1v) is 8.12. The molecule has 1 aromatic rings. The summed E-state index contributed by atoms with van der Waals surface area (Å²) in [7, 11) is 0. The molecule has 0 aliphatic heterocycles. The minimum atomic E-state index is 0.0751. The molecule has 3 nitrogen and oxygen atoms in total. The van der Waals surface area contributed by atoms with Crippen LogP contribution in [0, 0.1) is 16.7 Å². The zero-order valence-corrected chi connectivity index (χ0v) is 13.0. The molecule has 3 unspecified atom stereocenters. The van der Waals surface area contributed by atoms with Crippen molar-refractivity contribution >= 4 is 0 Å². The molecule has 0 saturated heterocycles. The van der Waals surface area contributed by atoms with Crippen molar-refractivity contribution < 1.29 is 0 Å². The van der Waals surface area contributed by atoms with Crippen LogP contribution in [-0.4, -0.2) is 9.55 Å². The van der Waals surface area contributed by atoms with Gasteiger partial charge in [-0.05, 0) is 62.2 Å². The van der Waals surface area contributed by atoms with Gasteiger partial charge < -0.3 is 10.3 Å². The lowest BCUT2D eigenvalue weighted by atomic mass is 9.42. The van der Waals surface area contributed by atoms with E-state index in [1.54, 1.807) is 0 Å². The Bertz CT molecular complexity index is 526. The Kier molecular flexibility index (Phi) is 2.37. The summed E-state index contributed by atoms with van der Waals surface area (Å²) in [4.78, 5) is 4.43. The molecule has 3 atom stereocenters. The summed E-state index contributed by atoms with van der Waals surface area (Å²) in [6, 6.07) is 0.0751. The number of aromatic nitrogens is 2. The van der Waals surface area contributed by atoms with E-state index in [0.717, 1.165) is 5.92 Å². The molecule has 0 aromatic carbocycles. The Balaban J connectivity index is 1.83. The van der Waals surface area contributed by atoms with Crippen molar-refractivity contribution in [3.8, 4) is 0 Å². The van der Waals surface area contributed by atoms with Gasteiger partial charge in [-0.2, -0.15) is 0 Å². The predicted octanol–water partition coefficient (Wildman–Crippen LogP) is 3.61. The van der Waals surface area contributed by atoms with Crippen LogP contribution >= 0.6 is 0 Å². The van der Waals surface area contributed by atoms with E-state index >= 15 is 0 Å². The quantitative estimate of drug-likeness (QED) is 0.894. The van der Waals surface area contributed by atoms with E-state index < -0.39 is 0 Å². The molecule has 110 valence electrons. The highest BCUT2D eigenvalue weighted by Gasteiger charge is 2.61. The van der Waals surface area contributed by atoms with Crippen molar-refractivity contribution in [3.63, 3.8) is 0 Å². The van der Waals surface area contributed by atoms with Crippen LogP contribution in [-0.2, 0) is 5.54 Å². The first-order chi connectivity index (χ1) is 9.33. The number of imidazole rings is 1. The fraction of sp³-hybridized carbons (Fsp3) is 0.824. The second-order valence-corrected chi connectivity index (χ2v) is 8.83. The summed E-state index contributed by atoms with van der Waals surface area (Å²) in [5.74, 6) is 0.907. The minimum Gasteiger partial charge on any atom is -0.327 e. The van der Waals surface area contributed by atoms with Gasteiger partial charge in [-0.1, -0.05) is 13.8 Å². The lowest BCUT2D eigenvalue weighted by Crippen LogP contribution is -2.59. The van der Waals surface area contributed by atoms with Gasteiger partial charge in [-0.25, -0.2) is 4.98 Å². The molecule has 1 aromatic heterocycles. The fourth-order valence-electron chi connectivity index (χ4n) is 6.69. The van der Waals surface area contributed by atoms with Crippen molar-refractivity contribution in [1.29, 1.82) is 0 Å². The standard InChI is InChI=1S/C17H27N3/c1-12(18)14-7-19-11-20(14)17-6-13-4-15(2,9-17)8-16(3,5-13)10-17/h7,11-13H,4-6,8-10,18H2,1-3H3. The van der Waals surface area contributed by atoms with Crippen LogP contribution in [0.2, 0.25) is 0 Å². The average Bonchev–Trinajstić information content (AvgIpc) is 2.72. The molecule has 4 bridgehead atoms. The summed E-state index contributed by atoms with van der Waals surface area (Å²) in [5.41, 5.74) is 8.77. The maximum absolute atomic E-state index is 6.18. The first-order valence-electron chi connectivity index (χ1n) is 8.12. The van der Waals surface area contributed by atoms with Crippen molar-refractivity contribution in [2.24, 2.45) is 22.5 Å². The zero-order chi connectivity index (χ0) is 14.2. The predicted molar refractivity (Wildman–Crippen MR) is 80.2 cm³/mol. The van der Waals surface area contributed by atoms with Crippen LogP contribution in [0.25, 0.3) is 0 Å². The van der Waals surface area contributed by atoms with Crippen LogP contribution in [0.1, 0.15) is 71.0 Å². The van der Waals surface area contributed by atoms with Crippen molar-refractivity contribution in [3.05, 3.63) is 18.2 Å². The SMILES string of the molecule is CC(N)c1cncn1C12CC3CC(C)(CC(C)(C3)C1)C2. The highest BCUT2D eigenvalue weighted by Crippen LogP contribution is 2.68. The number of hydrogen-bond acceptors (Lipinski definition) is 2. The molecule has 4 aliphatic rings. The third kappa shape index (κ3) is 1.65. The Labute approximate surface area is 122 Å². The molecule has 4 saturated carbocycles. The Morgan fingerprint density at radius 1 is 1.20 bits per heavy atom. The molecule has 4 aliphatic carbocycles. The number of hydrogen-bond donors (Lipinski definition) is 1. The van der Waals surface area contributed by atoms with Crippen LogP contribution in [0.4, 0.5) is 0 Å². The van der Waals surface area contributed by atoms with E-state index in [2.05, 4.69) is 36.6 Å². The monoisotopic (exact) mass is 273 g/mol. The van der Waals surface area contributed by atoms with Crippen molar-refractivity contribution in [1.82, 2.24) is 9.55 Å². The summed E-state index contributed by atoms with van der Waals surface area (Å²) in [5, 5.41) is 0. The normalized spacial score (nSPS) is 47.7. The molecule has 4 fully saturated rings. The average molecular weight is 273 g/mol. The Morgan fingerprint density at radius 2 is 1.85 bits per heavy atom. The van der Waals surface area contributed by atoms with Crippen LogP contribution in [0.5, 0.6) is 0 Å². The van der Waals surface area contributed by atoms with Gasteiger partial charge in [-0.15, -0.1) is 0 Å². The van der Waals surface area contributed by atoms with Crippen LogP contribution < -0.4 is 5.73 Å². The molecule has 0 amide bonds. The van der Waals surface area contributed by atoms with Gasteiger partial charge in [0.25, 0.3) is 0 Å². The largest absolute Gasteiger partial charge is 0.327 e. The van der Waals surface area contributed by atoms with Gasteiger partial charge in [0.2, 0.25) is 0 Å². The summed E-state index contributed by atoms with van der Waals surface area (Å²) in [6.45, 7) is 7.12. The smallest absolute Gasteiger partial charge is 0.0953 e. The zero-order valence-electron chi connectivity index (χ0n) is 13.0. The van der Waals surface area contributed by atoms with Crippen molar-refractivity contribution in [2.45, 2.75) is 70.9 Å². The van der Waals surface area contributed by atoms with Gasteiger partial charge in [0.1, 0.15) is 0 Å². The summed E-state index contributed by atoms with van der Waals surface area (Å²) in [6.07, 6.45) is 12.3. The molecular weight excluding hydrogens is 246 g/mol. The molecule has 20 heavy (non-hydrogen) atoms. The lowest BCUT2D eigenvalue weighted by molar-refractivity contribution is -0.136. The highest BCUT2D eigenvalue weighted by atomic mass is 15.1. The third-order valence-corrected chi connectivity index (χ3v) is 6.24. The van der Waals surface area contributed by atoms with Gasteiger partial charge in [0.15, 0.2) is 0 Å². The Morgan fingerprint density at radius 3 is 2.40 bits per heavy atom. The number of nitrogens with two attached hydrogens (primary N) is 1. The van der Waals surface area contributed by atoms with E-state index in [4.69, 9.17) is 5.73 Å². The first kappa shape index (κ1) is 12.9. The van der Waals surface area contributed by atoms with Crippen LogP contribution in [0.15, 0.2) is 12.5 Å². The summed E-state index contributed by atoms with van der Waals surface area (Å²) < 4.78 is 2.47. The van der Waals surface area contributed by atoms with Gasteiger partial charge >= 0.3 is 0 Å². The van der Waals surface area contributed by atoms with E-state index in [0.29, 0.717) is 16.4 Å². The van der Waals surface area contributed by atoms with Crippen LogP contribution in [0.3, 0.4) is 0 Å². The van der Waals surface area contributed by atoms with E-state index in [1.165, 1.54) is 44.2 Å². The molecular formula is C17H27N3. The van der Waals surface area contributed by atoms with Gasteiger partial charge in [0, 0.05) is 17.8 Å².